The van der Waals surface area contributed by atoms with Crippen molar-refractivity contribution in [1.82, 2.24) is 14.5 Å². The second kappa shape index (κ2) is 7.31. The minimum Gasteiger partial charge on any atom is -0.333 e. The maximum atomic E-state index is 14.4. The SMILES string of the molecule is CCC(=O)N1CCCC1c1nc2ccccc2n1Cc1c(F)cccc1Cl. The van der Waals surface area contributed by atoms with Crippen LogP contribution in [0.15, 0.2) is 42.5 Å². The van der Waals surface area contributed by atoms with Gasteiger partial charge >= 0.3 is 0 Å². The molecule has 0 radical (unpaired) electrons. The fourth-order valence-corrected chi connectivity index (χ4v) is 4.12. The average molecular weight is 386 g/mol. The summed E-state index contributed by atoms with van der Waals surface area (Å²) in [6.07, 6.45) is 2.27. The van der Waals surface area contributed by atoms with Crippen LogP contribution in [-0.4, -0.2) is 26.9 Å². The van der Waals surface area contributed by atoms with Crippen LogP contribution in [0.1, 0.15) is 43.6 Å². The Labute approximate surface area is 162 Å². The third kappa shape index (κ3) is 3.21. The van der Waals surface area contributed by atoms with Crippen LogP contribution in [0.5, 0.6) is 0 Å². The fourth-order valence-electron chi connectivity index (χ4n) is 3.89. The summed E-state index contributed by atoms with van der Waals surface area (Å²) in [5.41, 5.74) is 2.20. The summed E-state index contributed by atoms with van der Waals surface area (Å²) < 4.78 is 16.4. The first-order chi connectivity index (χ1) is 13.1. The van der Waals surface area contributed by atoms with Crippen LogP contribution in [0.3, 0.4) is 0 Å². The molecule has 0 aliphatic carbocycles. The number of rotatable bonds is 4. The Bertz CT molecular complexity index is 980. The first-order valence-electron chi connectivity index (χ1n) is 9.27. The van der Waals surface area contributed by atoms with Crippen LogP contribution in [0.2, 0.25) is 5.02 Å². The van der Waals surface area contributed by atoms with Crippen molar-refractivity contribution >= 4 is 28.5 Å². The molecule has 1 atom stereocenters. The third-order valence-electron chi connectivity index (χ3n) is 5.24. The minimum absolute atomic E-state index is 0.0876. The molecule has 1 aliphatic rings. The number of nitrogens with zero attached hydrogens (tertiary/aromatic N) is 3. The molecule has 6 heteroatoms. The number of likely N-dealkylation sites (tertiary alicyclic amines) is 1. The molecule has 3 aromatic rings. The van der Waals surface area contributed by atoms with Gasteiger partial charge in [-0.15, -0.1) is 0 Å². The number of carbonyl (C=O) groups excluding carboxylic acids is 1. The van der Waals surface area contributed by atoms with E-state index in [1.807, 2.05) is 40.7 Å². The summed E-state index contributed by atoms with van der Waals surface area (Å²) in [4.78, 5) is 19.1. The van der Waals surface area contributed by atoms with E-state index in [1.165, 1.54) is 6.07 Å². The van der Waals surface area contributed by atoms with E-state index in [0.717, 1.165) is 36.2 Å². The van der Waals surface area contributed by atoms with E-state index in [9.17, 15) is 9.18 Å². The standard InChI is InChI=1S/C21H21ClFN3O/c1-2-20(27)25-12-6-11-19(25)21-24-17-9-3-4-10-18(17)26(21)13-14-15(22)7-5-8-16(14)23/h3-5,7-10,19H,2,6,11-13H2,1H3. The van der Waals surface area contributed by atoms with Crippen molar-refractivity contribution in [3.63, 3.8) is 0 Å². The number of hydrogen-bond acceptors (Lipinski definition) is 2. The van der Waals surface area contributed by atoms with Gasteiger partial charge in [0.25, 0.3) is 0 Å². The first kappa shape index (κ1) is 18.0. The monoisotopic (exact) mass is 385 g/mol. The predicted molar refractivity (Wildman–Crippen MR) is 104 cm³/mol. The van der Waals surface area contributed by atoms with Gasteiger partial charge in [-0.3, -0.25) is 4.79 Å². The van der Waals surface area contributed by atoms with Gasteiger partial charge in [0.05, 0.1) is 23.6 Å². The zero-order valence-electron chi connectivity index (χ0n) is 15.2. The van der Waals surface area contributed by atoms with Crippen LogP contribution >= 0.6 is 11.6 Å². The number of para-hydroxylation sites is 2. The Balaban J connectivity index is 1.84. The first-order valence-corrected chi connectivity index (χ1v) is 9.65. The number of amides is 1. The molecule has 0 bridgehead atoms. The molecule has 2 aromatic carbocycles. The number of halogens is 2. The van der Waals surface area contributed by atoms with E-state index >= 15 is 0 Å². The Hall–Kier alpha value is -2.40. The molecule has 27 heavy (non-hydrogen) atoms. The lowest BCUT2D eigenvalue weighted by molar-refractivity contribution is -0.131. The number of imidazole rings is 1. The molecular weight excluding hydrogens is 365 g/mol. The highest BCUT2D eigenvalue weighted by Gasteiger charge is 2.33. The molecular formula is C21H21ClFN3O. The smallest absolute Gasteiger partial charge is 0.222 e. The number of aromatic nitrogens is 2. The van der Waals surface area contributed by atoms with Crippen molar-refractivity contribution in [3.8, 4) is 0 Å². The number of carbonyl (C=O) groups is 1. The van der Waals surface area contributed by atoms with E-state index in [0.29, 0.717) is 17.0 Å². The van der Waals surface area contributed by atoms with E-state index < -0.39 is 0 Å². The molecule has 2 heterocycles. The number of hydrogen-bond donors (Lipinski definition) is 0. The molecule has 1 fully saturated rings. The van der Waals surface area contributed by atoms with Gasteiger partial charge in [0, 0.05) is 23.6 Å². The van der Waals surface area contributed by atoms with Crippen molar-refractivity contribution in [2.75, 3.05) is 6.54 Å². The van der Waals surface area contributed by atoms with Crippen LogP contribution < -0.4 is 0 Å². The fraction of sp³-hybridized carbons (Fsp3) is 0.333. The summed E-state index contributed by atoms with van der Waals surface area (Å²) in [6.45, 7) is 2.90. The lowest BCUT2D eigenvalue weighted by atomic mass is 10.1. The lowest BCUT2D eigenvalue weighted by Crippen LogP contribution is -2.31. The molecule has 0 spiro atoms. The summed E-state index contributed by atoms with van der Waals surface area (Å²) >= 11 is 6.27. The molecule has 0 N–H and O–H groups in total. The van der Waals surface area contributed by atoms with E-state index in [2.05, 4.69) is 0 Å². The topological polar surface area (TPSA) is 38.1 Å². The molecule has 4 rings (SSSR count). The second-order valence-corrected chi connectivity index (χ2v) is 7.25. The van der Waals surface area contributed by atoms with Crippen LogP contribution in [0.25, 0.3) is 11.0 Å². The van der Waals surface area contributed by atoms with Crippen molar-refractivity contribution in [1.29, 1.82) is 0 Å². The van der Waals surface area contributed by atoms with Gasteiger partial charge in [-0.25, -0.2) is 9.37 Å². The van der Waals surface area contributed by atoms with Crippen LogP contribution in [-0.2, 0) is 11.3 Å². The van der Waals surface area contributed by atoms with Crippen molar-refractivity contribution in [3.05, 3.63) is 64.7 Å². The van der Waals surface area contributed by atoms with Crippen molar-refractivity contribution in [2.45, 2.75) is 38.8 Å². The van der Waals surface area contributed by atoms with Gasteiger partial charge in [-0.2, -0.15) is 0 Å². The predicted octanol–water partition coefficient (Wildman–Crippen LogP) is 4.95. The highest BCUT2D eigenvalue weighted by Crippen LogP contribution is 2.35. The van der Waals surface area contributed by atoms with Gasteiger partial charge < -0.3 is 9.47 Å². The van der Waals surface area contributed by atoms with Gasteiger partial charge in [0.15, 0.2) is 0 Å². The molecule has 1 saturated heterocycles. The summed E-state index contributed by atoms with van der Waals surface area (Å²) in [7, 11) is 0. The minimum atomic E-state index is -0.334. The zero-order valence-corrected chi connectivity index (χ0v) is 15.9. The second-order valence-electron chi connectivity index (χ2n) is 6.84. The van der Waals surface area contributed by atoms with Crippen LogP contribution in [0, 0.1) is 5.82 Å². The van der Waals surface area contributed by atoms with E-state index in [-0.39, 0.29) is 24.3 Å². The Morgan fingerprint density at radius 1 is 1.26 bits per heavy atom. The van der Waals surface area contributed by atoms with Crippen molar-refractivity contribution in [2.24, 2.45) is 0 Å². The molecule has 1 amide bonds. The maximum Gasteiger partial charge on any atom is 0.222 e. The summed E-state index contributed by atoms with van der Waals surface area (Å²) in [5, 5.41) is 0.395. The van der Waals surface area contributed by atoms with Gasteiger partial charge in [-0.1, -0.05) is 36.7 Å². The molecule has 1 unspecified atom stereocenters. The maximum absolute atomic E-state index is 14.4. The number of benzene rings is 2. The third-order valence-corrected chi connectivity index (χ3v) is 5.59. The zero-order chi connectivity index (χ0) is 19.0. The molecule has 140 valence electrons. The Kier molecular flexibility index (Phi) is 4.87. The Morgan fingerprint density at radius 2 is 2.07 bits per heavy atom. The highest BCUT2D eigenvalue weighted by molar-refractivity contribution is 6.31. The van der Waals surface area contributed by atoms with Gasteiger partial charge in [0.2, 0.25) is 5.91 Å². The van der Waals surface area contributed by atoms with Gasteiger partial charge in [0.1, 0.15) is 11.6 Å². The van der Waals surface area contributed by atoms with E-state index in [4.69, 9.17) is 16.6 Å². The van der Waals surface area contributed by atoms with Gasteiger partial charge in [-0.05, 0) is 37.1 Å². The Morgan fingerprint density at radius 3 is 2.85 bits per heavy atom. The largest absolute Gasteiger partial charge is 0.333 e. The van der Waals surface area contributed by atoms with Crippen molar-refractivity contribution < 1.29 is 9.18 Å². The van der Waals surface area contributed by atoms with E-state index in [1.54, 1.807) is 12.1 Å². The summed E-state index contributed by atoms with van der Waals surface area (Å²) in [6, 6.07) is 12.4. The lowest BCUT2D eigenvalue weighted by Gasteiger charge is -2.25. The number of fused-ring (bicyclic) bond motifs is 1. The molecule has 1 aliphatic heterocycles. The quantitative estimate of drug-likeness (QED) is 0.637. The normalized spacial score (nSPS) is 17.0. The highest BCUT2D eigenvalue weighted by atomic mass is 35.5. The molecule has 0 saturated carbocycles. The molecule has 4 nitrogen and oxygen atoms in total. The summed E-state index contributed by atoms with van der Waals surface area (Å²) in [5.74, 6) is 0.592. The molecule has 1 aromatic heterocycles. The average Bonchev–Trinajstić information content (AvgIpc) is 3.29. The van der Waals surface area contributed by atoms with Crippen LogP contribution in [0.4, 0.5) is 4.39 Å².